The third-order valence-corrected chi connectivity index (χ3v) is 3.87. The van der Waals surface area contributed by atoms with Crippen LogP contribution in [0.4, 0.5) is 5.82 Å². The highest BCUT2D eigenvalue weighted by Gasteiger charge is 2.26. The van der Waals surface area contributed by atoms with E-state index in [4.69, 9.17) is 10.5 Å². The summed E-state index contributed by atoms with van der Waals surface area (Å²) in [6.45, 7) is 6.56. The quantitative estimate of drug-likeness (QED) is 0.855. The third kappa shape index (κ3) is 2.90. The van der Waals surface area contributed by atoms with Crippen LogP contribution in [0.3, 0.4) is 0 Å². The van der Waals surface area contributed by atoms with E-state index in [-0.39, 0.29) is 0 Å². The predicted molar refractivity (Wildman–Crippen MR) is 70.0 cm³/mol. The van der Waals surface area contributed by atoms with Crippen molar-refractivity contribution in [3.05, 3.63) is 17.8 Å². The van der Waals surface area contributed by atoms with Crippen LogP contribution in [0, 0.1) is 18.8 Å². The molecule has 2 N–H and O–H groups in total. The average molecular weight is 234 g/mol. The summed E-state index contributed by atoms with van der Waals surface area (Å²) < 4.78 is 5.97. The number of nitrogen functional groups attached to an aromatic ring is 1. The Kier molecular flexibility index (Phi) is 3.55. The maximum atomic E-state index is 5.97. The minimum absolute atomic E-state index is 0.299. The summed E-state index contributed by atoms with van der Waals surface area (Å²) >= 11 is 0. The summed E-state index contributed by atoms with van der Waals surface area (Å²) in [6.07, 6.45) is 3.78. The fourth-order valence-corrected chi connectivity index (χ4v) is 2.45. The Labute approximate surface area is 103 Å². The first-order valence-corrected chi connectivity index (χ1v) is 6.46. The van der Waals surface area contributed by atoms with Gasteiger partial charge in [0, 0.05) is 5.69 Å². The van der Waals surface area contributed by atoms with E-state index in [1.807, 2.05) is 19.1 Å². The molecule has 3 unspecified atom stereocenters. The normalized spacial score (nSPS) is 29.0. The molecular formula is C14H22N2O. The molecule has 1 saturated carbocycles. The molecule has 1 aliphatic carbocycles. The molecule has 1 heterocycles. The van der Waals surface area contributed by atoms with Crippen LogP contribution in [0.2, 0.25) is 0 Å². The topological polar surface area (TPSA) is 48.1 Å². The van der Waals surface area contributed by atoms with Crippen LogP contribution in [0.1, 0.15) is 38.8 Å². The van der Waals surface area contributed by atoms with Crippen molar-refractivity contribution >= 4 is 5.82 Å². The van der Waals surface area contributed by atoms with Gasteiger partial charge in [0.2, 0.25) is 0 Å². The summed E-state index contributed by atoms with van der Waals surface area (Å²) in [5, 5.41) is 0. The molecule has 17 heavy (non-hydrogen) atoms. The maximum absolute atomic E-state index is 5.97. The van der Waals surface area contributed by atoms with Gasteiger partial charge in [0.15, 0.2) is 11.6 Å². The minimum Gasteiger partial charge on any atom is -0.487 e. The Morgan fingerprint density at radius 2 is 2.00 bits per heavy atom. The van der Waals surface area contributed by atoms with E-state index in [1.165, 1.54) is 6.42 Å². The van der Waals surface area contributed by atoms with Gasteiger partial charge in [-0.25, -0.2) is 4.98 Å². The molecular weight excluding hydrogens is 212 g/mol. The fraction of sp³-hybridized carbons (Fsp3) is 0.643. The van der Waals surface area contributed by atoms with Gasteiger partial charge in [-0.1, -0.05) is 13.8 Å². The first-order valence-electron chi connectivity index (χ1n) is 6.46. The van der Waals surface area contributed by atoms with Crippen molar-refractivity contribution in [3.63, 3.8) is 0 Å². The van der Waals surface area contributed by atoms with E-state index in [0.29, 0.717) is 11.9 Å². The molecule has 0 saturated heterocycles. The van der Waals surface area contributed by atoms with Crippen LogP contribution in [0.15, 0.2) is 12.1 Å². The van der Waals surface area contributed by atoms with Crippen LogP contribution >= 0.6 is 0 Å². The van der Waals surface area contributed by atoms with Gasteiger partial charge < -0.3 is 10.5 Å². The number of anilines is 1. The van der Waals surface area contributed by atoms with Crippen molar-refractivity contribution in [2.45, 2.75) is 46.1 Å². The molecule has 1 aromatic heterocycles. The zero-order valence-corrected chi connectivity index (χ0v) is 10.9. The molecule has 0 aromatic carbocycles. The smallest absolute Gasteiger partial charge is 0.166 e. The highest BCUT2D eigenvalue weighted by atomic mass is 16.5. The molecule has 3 heteroatoms. The summed E-state index contributed by atoms with van der Waals surface area (Å²) in [6, 6.07) is 3.88. The number of hydrogen-bond acceptors (Lipinski definition) is 3. The van der Waals surface area contributed by atoms with Crippen LogP contribution in [0.5, 0.6) is 5.75 Å². The van der Waals surface area contributed by atoms with E-state index in [9.17, 15) is 0 Å². The lowest BCUT2D eigenvalue weighted by atomic mass is 9.80. The number of pyridine rings is 1. The van der Waals surface area contributed by atoms with Gasteiger partial charge in [0.05, 0.1) is 6.10 Å². The standard InChI is InChI=1S/C14H22N2O/c1-9-4-6-12(8-10(9)2)17-13-7-5-11(3)16-14(13)15/h5,7,9-10,12H,4,6,8H2,1-3H3,(H2,15,16). The Bertz CT molecular complexity index is 392. The van der Waals surface area contributed by atoms with Gasteiger partial charge in [0.1, 0.15) is 0 Å². The minimum atomic E-state index is 0.299. The molecule has 0 aliphatic heterocycles. The van der Waals surface area contributed by atoms with E-state index in [0.717, 1.165) is 36.1 Å². The van der Waals surface area contributed by atoms with Crippen LogP contribution in [-0.2, 0) is 0 Å². The SMILES string of the molecule is Cc1ccc(OC2CCC(C)C(C)C2)c(N)n1. The van der Waals surface area contributed by atoms with Gasteiger partial charge in [-0.2, -0.15) is 0 Å². The highest BCUT2D eigenvalue weighted by molar-refractivity contribution is 5.46. The molecule has 0 amide bonds. The molecule has 1 aliphatic rings. The number of ether oxygens (including phenoxy) is 1. The zero-order valence-electron chi connectivity index (χ0n) is 10.9. The Hall–Kier alpha value is -1.25. The van der Waals surface area contributed by atoms with Crippen LogP contribution in [-0.4, -0.2) is 11.1 Å². The molecule has 2 rings (SSSR count). The fourth-order valence-electron chi connectivity index (χ4n) is 2.45. The molecule has 1 aromatic rings. The molecule has 3 atom stereocenters. The molecule has 0 spiro atoms. The van der Waals surface area contributed by atoms with E-state index >= 15 is 0 Å². The molecule has 3 nitrogen and oxygen atoms in total. The van der Waals surface area contributed by atoms with Gasteiger partial charge in [-0.15, -0.1) is 0 Å². The lowest BCUT2D eigenvalue weighted by molar-refractivity contribution is 0.101. The number of aryl methyl sites for hydroxylation is 1. The monoisotopic (exact) mass is 234 g/mol. The number of aromatic nitrogens is 1. The van der Waals surface area contributed by atoms with Gasteiger partial charge in [-0.05, 0) is 50.2 Å². The molecule has 94 valence electrons. The number of nitrogens with zero attached hydrogens (tertiary/aromatic N) is 1. The van der Waals surface area contributed by atoms with E-state index in [1.54, 1.807) is 0 Å². The summed E-state index contributed by atoms with van der Waals surface area (Å²) in [7, 11) is 0. The molecule has 0 radical (unpaired) electrons. The van der Waals surface area contributed by atoms with E-state index in [2.05, 4.69) is 18.8 Å². The van der Waals surface area contributed by atoms with Crippen LogP contribution in [0.25, 0.3) is 0 Å². The first kappa shape index (κ1) is 12.2. The largest absolute Gasteiger partial charge is 0.487 e. The second-order valence-corrected chi connectivity index (χ2v) is 5.34. The van der Waals surface area contributed by atoms with Crippen molar-refractivity contribution in [2.75, 3.05) is 5.73 Å². The molecule has 0 bridgehead atoms. The third-order valence-electron chi connectivity index (χ3n) is 3.87. The maximum Gasteiger partial charge on any atom is 0.166 e. The second-order valence-electron chi connectivity index (χ2n) is 5.34. The average Bonchev–Trinajstić information content (AvgIpc) is 2.27. The Morgan fingerprint density at radius 3 is 2.65 bits per heavy atom. The van der Waals surface area contributed by atoms with Crippen molar-refractivity contribution in [3.8, 4) is 5.75 Å². The van der Waals surface area contributed by atoms with Crippen molar-refractivity contribution in [1.82, 2.24) is 4.98 Å². The lowest BCUT2D eigenvalue weighted by Gasteiger charge is -2.32. The number of nitrogens with two attached hydrogens (primary N) is 1. The summed E-state index contributed by atoms with van der Waals surface area (Å²) in [5.41, 5.74) is 6.80. The predicted octanol–water partition coefficient (Wildman–Crippen LogP) is 3.18. The van der Waals surface area contributed by atoms with E-state index < -0.39 is 0 Å². The summed E-state index contributed by atoms with van der Waals surface area (Å²) in [5.74, 6) is 2.79. The highest BCUT2D eigenvalue weighted by Crippen LogP contribution is 2.32. The number of hydrogen-bond donors (Lipinski definition) is 1. The second kappa shape index (κ2) is 4.94. The molecule has 1 fully saturated rings. The summed E-state index contributed by atoms with van der Waals surface area (Å²) in [4.78, 5) is 4.23. The lowest BCUT2D eigenvalue weighted by Crippen LogP contribution is -2.29. The zero-order chi connectivity index (χ0) is 12.4. The van der Waals surface area contributed by atoms with Crippen molar-refractivity contribution in [1.29, 1.82) is 0 Å². The Balaban J connectivity index is 2.01. The number of rotatable bonds is 2. The van der Waals surface area contributed by atoms with Gasteiger partial charge in [-0.3, -0.25) is 0 Å². The van der Waals surface area contributed by atoms with Crippen LogP contribution < -0.4 is 10.5 Å². The Morgan fingerprint density at radius 1 is 1.24 bits per heavy atom. The first-order chi connectivity index (χ1) is 8.06. The van der Waals surface area contributed by atoms with Crippen molar-refractivity contribution < 1.29 is 4.74 Å². The van der Waals surface area contributed by atoms with Gasteiger partial charge >= 0.3 is 0 Å². The van der Waals surface area contributed by atoms with Gasteiger partial charge in [0.25, 0.3) is 0 Å². The van der Waals surface area contributed by atoms with Crippen molar-refractivity contribution in [2.24, 2.45) is 11.8 Å².